The molecule has 1 aromatic heterocycles. The number of furan rings is 1. The van der Waals surface area contributed by atoms with Gasteiger partial charge >= 0.3 is 0 Å². The molecule has 2 atom stereocenters. The van der Waals surface area contributed by atoms with E-state index in [2.05, 4.69) is 28.9 Å². The van der Waals surface area contributed by atoms with E-state index in [1.807, 2.05) is 12.1 Å². The monoisotopic (exact) mass is 297 g/mol. The van der Waals surface area contributed by atoms with Crippen LogP contribution in [0, 0.1) is 11.3 Å². The van der Waals surface area contributed by atoms with Crippen molar-refractivity contribution in [1.29, 1.82) is 5.26 Å². The van der Waals surface area contributed by atoms with Crippen molar-refractivity contribution in [1.82, 2.24) is 0 Å². The topological polar surface area (TPSA) is 36.9 Å². The Labute approximate surface area is 112 Å². The summed E-state index contributed by atoms with van der Waals surface area (Å²) in [5.41, 5.74) is 0. The number of rotatable bonds is 8. The van der Waals surface area contributed by atoms with Gasteiger partial charge in [-0.1, -0.05) is 42.1 Å². The molecule has 0 bridgehead atoms. The zero-order valence-corrected chi connectivity index (χ0v) is 11.9. The first kappa shape index (κ1) is 14.3. The van der Waals surface area contributed by atoms with Gasteiger partial charge in [0.25, 0.3) is 0 Å². The van der Waals surface area contributed by atoms with Gasteiger partial charge < -0.3 is 4.42 Å². The molecule has 0 aliphatic carbocycles. The predicted octanol–water partition coefficient (Wildman–Crippen LogP) is 5.01. The van der Waals surface area contributed by atoms with Crippen molar-refractivity contribution in [3.63, 3.8) is 0 Å². The fourth-order valence-electron chi connectivity index (χ4n) is 1.87. The standard InChI is InChI=1S/C14H20BrNO/c1-2-3-4-6-13(15)9-8-12(11-16)14-7-5-10-17-14/h5,7,10,12-13H,2-4,6,8-9H2,1H3. The Morgan fingerprint density at radius 2 is 2.18 bits per heavy atom. The van der Waals surface area contributed by atoms with Crippen LogP contribution in [0.4, 0.5) is 0 Å². The van der Waals surface area contributed by atoms with Crippen LogP contribution in [0.2, 0.25) is 0 Å². The van der Waals surface area contributed by atoms with Gasteiger partial charge in [-0.15, -0.1) is 0 Å². The van der Waals surface area contributed by atoms with Gasteiger partial charge in [-0.3, -0.25) is 0 Å². The van der Waals surface area contributed by atoms with Crippen LogP contribution in [0.5, 0.6) is 0 Å². The summed E-state index contributed by atoms with van der Waals surface area (Å²) in [6.45, 7) is 2.21. The number of alkyl halides is 1. The first-order chi connectivity index (χ1) is 8.27. The second kappa shape index (κ2) is 8.36. The third-order valence-corrected chi connectivity index (χ3v) is 3.85. The van der Waals surface area contributed by atoms with Gasteiger partial charge in [0.2, 0.25) is 0 Å². The second-order valence-corrected chi connectivity index (χ2v) is 5.66. The minimum absolute atomic E-state index is 0.101. The van der Waals surface area contributed by atoms with Gasteiger partial charge in [0.1, 0.15) is 11.7 Å². The Balaban J connectivity index is 2.26. The van der Waals surface area contributed by atoms with Crippen molar-refractivity contribution in [2.45, 2.75) is 56.2 Å². The minimum atomic E-state index is -0.101. The van der Waals surface area contributed by atoms with Crippen LogP contribution in [0.25, 0.3) is 0 Å². The van der Waals surface area contributed by atoms with E-state index in [4.69, 9.17) is 9.68 Å². The van der Waals surface area contributed by atoms with Crippen LogP contribution in [-0.4, -0.2) is 4.83 Å². The first-order valence-electron chi connectivity index (χ1n) is 6.35. The van der Waals surface area contributed by atoms with Gasteiger partial charge in [0.05, 0.1) is 12.3 Å². The summed E-state index contributed by atoms with van der Waals surface area (Å²) in [4.78, 5) is 0.528. The molecule has 1 aromatic rings. The molecule has 3 heteroatoms. The van der Waals surface area contributed by atoms with E-state index in [9.17, 15) is 0 Å². The molecule has 0 amide bonds. The van der Waals surface area contributed by atoms with Crippen LogP contribution in [-0.2, 0) is 0 Å². The lowest BCUT2D eigenvalue weighted by Gasteiger charge is -2.11. The fourth-order valence-corrected chi connectivity index (χ4v) is 2.46. The lowest BCUT2D eigenvalue weighted by molar-refractivity contribution is 0.473. The highest BCUT2D eigenvalue weighted by atomic mass is 79.9. The maximum absolute atomic E-state index is 9.10. The number of nitriles is 1. The molecule has 0 aromatic carbocycles. The fraction of sp³-hybridized carbons (Fsp3) is 0.643. The van der Waals surface area contributed by atoms with Gasteiger partial charge in [-0.05, 0) is 31.4 Å². The molecular weight excluding hydrogens is 278 g/mol. The van der Waals surface area contributed by atoms with E-state index in [0.717, 1.165) is 18.6 Å². The lowest BCUT2D eigenvalue weighted by Crippen LogP contribution is -2.02. The van der Waals surface area contributed by atoms with E-state index in [1.54, 1.807) is 6.26 Å². The molecule has 1 heterocycles. The number of hydrogen-bond acceptors (Lipinski definition) is 2. The van der Waals surface area contributed by atoms with Crippen LogP contribution in [0.1, 0.15) is 57.1 Å². The van der Waals surface area contributed by atoms with Crippen molar-refractivity contribution < 1.29 is 4.42 Å². The maximum atomic E-state index is 9.10. The number of unbranched alkanes of at least 4 members (excludes halogenated alkanes) is 2. The summed E-state index contributed by atoms with van der Waals surface area (Å²) in [7, 11) is 0. The Morgan fingerprint density at radius 1 is 1.35 bits per heavy atom. The maximum Gasteiger partial charge on any atom is 0.120 e. The molecule has 94 valence electrons. The molecular formula is C14H20BrNO. The van der Waals surface area contributed by atoms with E-state index in [1.165, 1.54) is 25.7 Å². The molecule has 2 unspecified atom stereocenters. The van der Waals surface area contributed by atoms with Crippen molar-refractivity contribution in [2.75, 3.05) is 0 Å². The number of nitrogens with zero attached hydrogens (tertiary/aromatic N) is 1. The Bertz CT molecular complexity index is 328. The van der Waals surface area contributed by atoms with Crippen molar-refractivity contribution >= 4 is 15.9 Å². The number of halogens is 1. The first-order valence-corrected chi connectivity index (χ1v) is 7.26. The molecule has 0 spiro atoms. The molecule has 1 rings (SSSR count). The Kier molecular flexibility index (Phi) is 7.04. The van der Waals surface area contributed by atoms with E-state index in [0.29, 0.717) is 4.83 Å². The van der Waals surface area contributed by atoms with E-state index >= 15 is 0 Å². The van der Waals surface area contributed by atoms with E-state index < -0.39 is 0 Å². The van der Waals surface area contributed by atoms with E-state index in [-0.39, 0.29) is 5.92 Å². The highest BCUT2D eigenvalue weighted by Crippen LogP contribution is 2.25. The van der Waals surface area contributed by atoms with Crippen LogP contribution >= 0.6 is 15.9 Å². The molecule has 0 aliphatic heterocycles. The molecule has 0 saturated carbocycles. The summed E-state index contributed by atoms with van der Waals surface area (Å²) in [6, 6.07) is 6.04. The molecule has 0 fully saturated rings. The highest BCUT2D eigenvalue weighted by Gasteiger charge is 2.15. The summed E-state index contributed by atoms with van der Waals surface area (Å²) >= 11 is 3.69. The third kappa shape index (κ3) is 5.41. The predicted molar refractivity (Wildman–Crippen MR) is 73.2 cm³/mol. The zero-order chi connectivity index (χ0) is 12.5. The van der Waals surface area contributed by atoms with Crippen LogP contribution < -0.4 is 0 Å². The third-order valence-electron chi connectivity index (χ3n) is 2.93. The largest absolute Gasteiger partial charge is 0.468 e. The highest BCUT2D eigenvalue weighted by molar-refractivity contribution is 9.09. The molecule has 2 nitrogen and oxygen atoms in total. The van der Waals surface area contributed by atoms with Crippen molar-refractivity contribution in [2.24, 2.45) is 0 Å². The van der Waals surface area contributed by atoms with Crippen molar-refractivity contribution in [3.8, 4) is 6.07 Å². The normalized spacial score (nSPS) is 14.2. The van der Waals surface area contributed by atoms with Gasteiger partial charge in [-0.2, -0.15) is 5.26 Å². The summed E-state index contributed by atoms with van der Waals surface area (Å²) in [5.74, 6) is 0.692. The summed E-state index contributed by atoms with van der Waals surface area (Å²) in [6.07, 6.45) is 8.55. The molecule has 17 heavy (non-hydrogen) atoms. The van der Waals surface area contributed by atoms with Crippen LogP contribution in [0.15, 0.2) is 22.8 Å². The van der Waals surface area contributed by atoms with Gasteiger partial charge in [0, 0.05) is 4.83 Å². The molecule has 0 saturated heterocycles. The SMILES string of the molecule is CCCCCC(Br)CCC(C#N)c1ccco1. The average Bonchev–Trinajstić information content (AvgIpc) is 2.84. The van der Waals surface area contributed by atoms with Gasteiger partial charge in [-0.25, -0.2) is 0 Å². The second-order valence-electron chi connectivity index (χ2n) is 4.37. The molecule has 0 N–H and O–H groups in total. The number of hydrogen-bond donors (Lipinski definition) is 0. The Morgan fingerprint density at radius 3 is 2.76 bits per heavy atom. The quantitative estimate of drug-likeness (QED) is 0.499. The molecule has 0 radical (unpaired) electrons. The average molecular weight is 298 g/mol. The van der Waals surface area contributed by atoms with Gasteiger partial charge in [0.15, 0.2) is 0 Å². The Hall–Kier alpha value is -0.750. The minimum Gasteiger partial charge on any atom is -0.468 e. The lowest BCUT2D eigenvalue weighted by atomic mass is 9.99. The molecule has 0 aliphatic rings. The summed E-state index contributed by atoms with van der Waals surface area (Å²) < 4.78 is 5.28. The van der Waals surface area contributed by atoms with Crippen molar-refractivity contribution in [3.05, 3.63) is 24.2 Å². The zero-order valence-electron chi connectivity index (χ0n) is 10.4. The summed E-state index contributed by atoms with van der Waals surface area (Å²) in [5, 5.41) is 9.10. The van der Waals surface area contributed by atoms with Crippen LogP contribution in [0.3, 0.4) is 0 Å². The smallest absolute Gasteiger partial charge is 0.120 e.